The van der Waals surface area contributed by atoms with E-state index >= 15 is 0 Å². The van der Waals surface area contributed by atoms with E-state index in [0.717, 1.165) is 31.1 Å². The number of hydrogen-bond acceptors (Lipinski definition) is 9. The molecule has 1 saturated heterocycles. The number of thiazole rings is 1. The molecule has 1 aromatic carbocycles. The highest BCUT2D eigenvalue weighted by molar-refractivity contribution is 7.99. The lowest BCUT2D eigenvalue weighted by molar-refractivity contribution is -0.113. The number of nitrogens with one attached hydrogen (secondary N) is 1. The van der Waals surface area contributed by atoms with Crippen LogP contribution in [0.15, 0.2) is 28.2 Å². The van der Waals surface area contributed by atoms with Crippen molar-refractivity contribution in [2.75, 3.05) is 43.3 Å². The van der Waals surface area contributed by atoms with Gasteiger partial charge in [0.05, 0.1) is 20.0 Å². The Morgan fingerprint density at radius 1 is 1.19 bits per heavy atom. The Labute approximate surface area is 193 Å². The average molecular weight is 476 g/mol. The van der Waals surface area contributed by atoms with Gasteiger partial charge in [-0.1, -0.05) is 23.1 Å². The molecule has 170 valence electrons. The van der Waals surface area contributed by atoms with Crippen molar-refractivity contribution in [1.82, 2.24) is 14.5 Å². The number of thioether (sulfide) groups is 1. The lowest BCUT2D eigenvalue weighted by Gasteiger charge is -2.11. The smallest absolute Gasteiger partial charge is 0.273 e. The van der Waals surface area contributed by atoms with Crippen LogP contribution in [-0.4, -0.2) is 53.5 Å². The van der Waals surface area contributed by atoms with Gasteiger partial charge in [0.2, 0.25) is 5.91 Å². The van der Waals surface area contributed by atoms with E-state index in [1.54, 1.807) is 37.0 Å². The number of benzene rings is 1. The molecule has 3 heterocycles. The number of fused-ring (bicyclic) bond motifs is 1. The third kappa shape index (κ3) is 4.53. The van der Waals surface area contributed by atoms with Crippen molar-refractivity contribution in [2.45, 2.75) is 31.5 Å². The van der Waals surface area contributed by atoms with Gasteiger partial charge in [-0.15, -0.1) is 0 Å². The SMILES string of the molecule is CCn1c(SCC(=O)Nc2ccc(OC)c(OC)c2)nc2nc(N3CCCC3)sc2c1=O. The zero-order valence-electron chi connectivity index (χ0n) is 18.2. The Bertz CT molecular complexity index is 1190. The topological polar surface area (TPSA) is 98.6 Å². The molecule has 4 rings (SSSR count). The molecule has 32 heavy (non-hydrogen) atoms. The Morgan fingerprint density at radius 2 is 1.94 bits per heavy atom. The normalized spacial score (nSPS) is 13.5. The summed E-state index contributed by atoms with van der Waals surface area (Å²) in [7, 11) is 3.10. The van der Waals surface area contributed by atoms with Crippen molar-refractivity contribution in [3.05, 3.63) is 28.6 Å². The standard InChI is InChI=1S/C21H25N5O4S2/c1-4-26-19(28)17-18(23-20(32-17)25-9-5-6-10-25)24-21(26)31-12-16(27)22-13-7-8-14(29-2)15(11-13)30-3/h7-8,11H,4-6,9-10,12H2,1-3H3,(H,22,27). The first kappa shape index (κ1) is 22.4. The van der Waals surface area contributed by atoms with Gasteiger partial charge in [0.1, 0.15) is 4.70 Å². The highest BCUT2D eigenvalue weighted by Crippen LogP contribution is 2.31. The first-order chi connectivity index (χ1) is 15.5. The lowest BCUT2D eigenvalue weighted by atomic mass is 10.2. The summed E-state index contributed by atoms with van der Waals surface area (Å²) in [5.41, 5.74) is 0.942. The number of rotatable bonds is 8. The molecule has 2 aromatic heterocycles. The van der Waals surface area contributed by atoms with Crippen molar-refractivity contribution < 1.29 is 14.3 Å². The molecule has 9 nitrogen and oxygen atoms in total. The molecule has 0 bridgehead atoms. The summed E-state index contributed by atoms with van der Waals surface area (Å²) in [5.74, 6) is 1.01. The molecule has 0 aliphatic carbocycles. The summed E-state index contributed by atoms with van der Waals surface area (Å²) in [4.78, 5) is 36.9. The molecule has 11 heteroatoms. The van der Waals surface area contributed by atoms with Crippen LogP contribution in [0.2, 0.25) is 0 Å². The van der Waals surface area contributed by atoms with E-state index in [9.17, 15) is 9.59 Å². The van der Waals surface area contributed by atoms with E-state index in [1.165, 1.54) is 23.1 Å². The fourth-order valence-electron chi connectivity index (χ4n) is 3.55. The molecule has 0 unspecified atom stereocenters. The monoisotopic (exact) mass is 475 g/mol. The minimum atomic E-state index is -0.213. The number of nitrogens with zero attached hydrogens (tertiary/aromatic N) is 4. The van der Waals surface area contributed by atoms with E-state index in [2.05, 4.69) is 20.2 Å². The minimum Gasteiger partial charge on any atom is -0.493 e. The van der Waals surface area contributed by atoms with Crippen LogP contribution < -0.4 is 25.2 Å². The van der Waals surface area contributed by atoms with Gasteiger partial charge in [0.15, 0.2) is 27.4 Å². The first-order valence-corrected chi connectivity index (χ1v) is 12.1. The molecular weight excluding hydrogens is 450 g/mol. The van der Waals surface area contributed by atoms with Gasteiger partial charge in [-0.25, -0.2) is 4.98 Å². The van der Waals surface area contributed by atoms with Gasteiger partial charge in [0, 0.05) is 31.4 Å². The molecule has 1 aliphatic rings. The van der Waals surface area contributed by atoms with E-state index in [0.29, 0.717) is 39.2 Å². The maximum absolute atomic E-state index is 13.0. The average Bonchev–Trinajstić information content (AvgIpc) is 3.47. The molecule has 0 spiro atoms. The first-order valence-electron chi connectivity index (χ1n) is 10.3. The number of amides is 1. The maximum Gasteiger partial charge on any atom is 0.273 e. The molecule has 3 aromatic rings. The largest absolute Gasteiger partial charge is 0.493 e. The molecule has 0 radical (unpaired) electrons. The summed E-state index contributed by atoms with van der Waals surface area (Å²) in [6, 6.07) is 5.17. The molecule has 0 atom stereocenters. The van der Waals surface area contributed by atoms with Gasteiger partial charge < -0.3 is 19.7 Å². The second kappa shape index (κ2) is 9.78. The van der Waals surface area contributed by atoms with Gasteiger partial charge in [-0.3, -0.25) is 14.2 Å². The fourth-order valence-corrected chi connectivity index (χ4v) is 5.41. The highest BCUT2D eigenvalue weighted by Gasteiger charge is 2.21. The number of methoxy groups -OCH3 is 2. The van der Waals surface area contributed by atoms with E-state index < -0.39 is 0 Å². The van der Waals surface area contributed by atoms with Crippen molar-refractivity contribution >= 4 is 50.2 Å². The van der Waals surface area contributed by atoms with Gasteiger partial charge in [0.25, 0.3) is 5.56 Å². The fraction of sp³-hybridized carbons (Fsp3) is 0.429. The Kier molecular flexibility index (Phi) is 6.85. The minimum absolute atomic E-state index is 0.107. The van der Waals surface area contributed by atoms with Crippen LogP contribution in [0.4, 0.5) is 10.8 Å². The van der Waals surface area contributed by atoms with Crippen LogP contribution in [0.1, 0.15) is 19.8 Å². The van der Waals surface area contributed by atoms with Crippen molar-refractivity contribution in [3.8, 4) is 11.5 Å². The zero-order valence-corrected chi connectivity index (χ0v) is 19.8. The van der Waals surface area contributed by atoms with Gasteiger partial charge >= 0.3 is 0 Å². The molecule has 1 aliphatic heterocycles. The summed E-state index contributed by atoms with van der Waals surface area (Å²) in [6.45, 7) is 4.28. The van der Waals surface area contributed by atoms with E-state index in [-0.39, 0.29) is 17.2 Å². The van der Waals surface area contributed by atoms with Crippen LogP contribution in [0.3, 0.4) is 0 Å². The second-order valence-electron chi connectivity index (χ2n) is 7.19. The van der Waals surface area contributed by atoms with Gasteiger partial charge in [-0.2, -0.15) is 4.98 Å². The maximum atomic E-state index is 13.0. The third-order valence-corrected chi connectivity index (χ3v) is 7.23. The number of anilines is 2. The van der Waals surface area contributed by atoms with Gasteiger partial charge in [-0.05, 0) is 31.9 Å². The zero-order chi connectivity index (χ0) is 22.7. The Morgan fingerprint density at radius 3 is 2.62 bits per heavy atom. The number of carbonyl (C=O) groups is 1. The summed E-state index contributed by atoms with van der Waals surface area (Å²) in [6.07, 6.45) is 2.28. The van der Waals surface area contributed by atoms with Crippen molar-refractivity contribution in [3.63, 3.8) is 0 Å². The number of carbonyl (C=O) groups excluding carboxylic acids is 1. The summed E-state index contributed by atoms with van der Waals surface area (Å²) >= 11 is 2.62. The second-order valence-corrected chi connectivity index (χ2v) is 9.11. The van der Waals surface area contributed by atoms with Crippen LogP contribution in [0, 0.1) is 0 Å². The van der Waals surface area contributed by atoms with E-state index in [1.807, 2.05) is 6.92 Å². The molecular formula is C21H25N5O4S2. The molecule has 1 fully saturated rings. The lowest BCUT2D eigenvalue weighted by Crippen LogP contribution is -2.23. The Balaban J connectivity index is 1.50. The number of hydrogen-bond donors (Lipinski definition) is 1. The van der Waals surface area contributed by atoms with E-state index in [4.69, 9.17) is 9.47 Å². The summed E-state index contributed by atoms with van der Waals surface area (Å²) in [5, 5.41) is 4.17. The number of ether oxygens (including phenoxy) is 2. The molecule has 0 saturated carbocycles. The summed E-state index contributed by atoms with van der Waals surface area (Å²) < 4.78 is 12.7. The van der Waals surface area contributed by atoms with Crippen molar-refractivity contribution in [1.29, 1.82) is 0 Å². The third-order valence-electron chi connectivity index (χ3n) is 5.16. The number of aromatic nitrogens is 3. The predicted octanol–water partition coefficient (Wildman–Crippen LogP) is 3.22. The van der Waals surface area contributed by atoms with Crippen LogP contribution in [-0.2, 0) is 11.3 Å². The molecule has 1 amide bonds. The van der Waals surface area contributed by atoms with Crippen molar-refractivity contribution in [2.24, 2.45) is 0 Å². The quantitative estimate of drug-likeness (QED) is 0.392. The molecule has 1 N–H and O–H groups in total. The van der Waals surface area contributed by atoms with Crippen LogP contribution in [0.5, 0.6) is 11.5 Å². The predicted molar refractivity (Wildman–Crippen MR) is 128 cm³/mol. The van der Waals surface area contributed by atoms with Crippen LogP contribution in [0.25, 0.3) is 10.3 Å². The van der Waals surface area contributed by atoms with Crippen LogP contribution >= 0.6 is 23.1 Å². The highest BCUT2D eigenvalue weighted by atomic mass is 32.2. The Hall–Kier alpha value is -2.79.